The minimum absolute atomic E-state index is 0.0586. The number of alkyl halides is 1. The van der Waals surface area contributed by atoms with E-state index >= 15 is 0 Å². The van der Waals surface area contributed by atoms with Gasteiger partial charge in [-0.15, -0.1) is 11.6 Å². The van der Waals surface area contributed by atoms with Gasteiger partial charge in [-0.2, -0.15) is 0 Å². The summed E-state index contributed by atoms with van der Waals surface area (Å²) in [5, 5.41) is -0.0586. The lowest BCUT2D eigenvalue weighted by Crippen LogP contribution is -2.09. The summed E-state index contributed by atoms with van der Waals surface area (Å²) in [6.07, 6.45) is 1.08. The highest BCUT2D eigenvalue weighted by Gasteiger charge is 2.17. The molecular formula is C14H19ClN2. The molecule has 0 amide bonds. The van der Waals surface area contributed by atoms with Crippen LogP contribution in [-0.2, 0) is 0 Å². The van der Waals surface area contributed by atoms with E-state index in [1.807, 2.05) is 6.92 Å². The molecule has 0 fully saturated rings. The molecule has 2 rings (SSSR count). The van der Waals surface area contributed by atoms with Crippen LogP contribution in [0.1, 0.15) is 50.0 Å². The topological polar surface area (TPSA) is 17.8 Å². The van der Waals surface area contributed by atoms with Gasteiger partial charge in [0, 0.05) is 6.04 Å². The Morgan fingerprint density at radius 1 is 1.35 bits per heavy atom. The normalized spacial score (nSPS) is 15.1. The van der Waals surface area contributed by atoms with Gasteiger partial charge in [-0.1, -0.05) is 13.0 Å². The molecule has 2 nitrogen and oxygen atoms in total. The number of imidazole rings is 1. The number of nitrogens with zero attached hydrogens (tertiary/aromatic N) is 2. The van der Waals surface area contributed by atoms with E-state index in [4.69, 9.17) is 11.6 Å². The number of fused-ring (bicyclic) bond motifs is 1. The van der Waals surface area contributed by atoms with Crippen molar-refractivity contribution in [3.63, 3.8) is 0 Å². The van der Waals surface area contributed by atoms with Gasteiger partial charge in [-0.05, 0) is 44.9 Å². The van der Waals surface area contributed by atoms with Gasteiger partial charge in [0.15, 0.2) is 0 Å². The summed E-state index contributed by atoms with van der Waals surface area (Å²) in [5.41, 5.74) is 3.50. The van der Waals surface area contributed by atoms with Crippen LogP contribution in [-0.4, -0.2) is 9.55 Å². The molecule has 0 aliphatic rings. The molecule has 2 aromatic rings. The zero-order chi connectivity index (χ0) is 12.6. The summed E-state index contributed by atoms with van der Waals surface area (Å²) >= 11 is 6.24. The maximum absolute atomic E-state index is 6.24. The van der Waals surface area contributed by atoms with Gasteiger partial charge in [-0.25, -0.2) is 4.98 Å². The molecule has 1 heterocycles. The SMILES string of the molecule is CCC(C)n1c(C(C)Cl)nc2ccc(C)cc21. The standard InChI is InChI=1S/C14H19ClN2/c1-5-10(3)17-13-8-9(2)6-7-12(13)16-14(17)11(4)15/h6-8,10-11H,5H2,1-4H3. The van der Waals surface area contributed by atoms with Crippen molar-refractivity contribution in [2.45, 2.75) is 45.5 Å². The third kappa shape index (κ3) is 2.19. The van der Waals surface area contributed by atoms with Crippen LogP contribution in [0.5, 0.6) is 0 Å². The van der Waals surface area contributed by atoms with Crippen molar-refractivity contribution < 1.29 is 0 Å². The van der Waals surface area contributed by atoms with Gasteiger partial charge in [0.05, 0.1) is 16.4 Å². The third-order valence-corrected chi connectivity index (χ3v) is 3.45. The molecule has 3 heteroatoms. The van der Waals surface area contributed by atoms with E-state index in [1.54, 1.807) is 0 Å². The molecule has 0 aliphatic carbocycles. The molecule has 92 valence electrons. The van der Waals surface area contributed by atoms with Crippen LogP contribution in [0.2, 0.25) is 0 Å². The molecule has 0 saturated carbocycles. The summed E-state index contributed by atoms with van der Waals surface area (Å²) in [6, 6.07) is 6.79. The van der Waals surface area contributed by atoms with Crippen LogP contribution < -0.4 is 0 Å². The maximum Gasteiger partial charge on any atom is 0.127 e. The lowest BCUT2D eigenvalue weighted by Gasteiger charge is -2.17. The largest absolute Gasteiger partial charge is 0.324 e. The Bertz CT molecular complexity index is 528. The summed E-state index contributed by atoms with van der Waals surface area (Å²) < 4.78 is 2.28. The molecule has 17 heavy (non-hydrogen) atoms. The summed E-state index contributed by atoms with van der Waals surface area (Å²) in [7, 11) is 0. The first-order valence-corrected chi connectivity index (χ1v) is 6.60. The zero-order valence-corrected chi connectivity index (χ0v) is 11.6. The number of aryl methyl sites for hydroxylation is 1. The van der Waals surface area contributed by atoms with E-state index in [1.165, 1.54) is 11.1 Å². The lowest BCUT2D eigenvalue weighted by molar-refractivity contribution is 0.522. The van der Waals surface area contributed by atoms with Crippen LogP contribution in [0, 0.1) is 6.92 Å². The molecule has 0 bridgehead atoms. The Morgan fingerprint density at radius 2 is 2.06 bits per heavy atom. The van der Waals surface area contributed by atoms with Crippen LogP contribution >= 0.6 is 11.6 Å². The fraction of sp³-hybridized carbons (Fsp3) is 0.500. The van der Waals surface area contributed by atoms with Crippen LogP contribution in [0.3, 0.4) is 0 Å². The summed E-state index contributed by atoms with van der Waals surface area (Å²) in [6.45, 7) is 8.49. The fourth-order valence-corrected chi connectivity index (χ4v) is 2.30. The Kier molecular flexibility index (Phi) is 3.43. The number of halogens is 1. The van der Waals surface area contributed by atoms with Crippen LogP contribution in [0.15, 0.2) is 18.2 Å². The van der Waals surface area contributed by atoms with Gasteiger partial charge in [0.25, 0.3) is 0 Å². The van der Waals surface area contributed by atoms with Gasteiger partial charge < -0.3 is 4.57 Å². The second-order valence-electron chi connectivity index (χ2n) is 4.71. The molecule has 0 N–H and O–H groups in total. The maximum atomic E-state index is 6.24. The quantitative estimate of drug-likeness (QED) is 0.727. The molecule has 1 aromatic carbocycles. The van der Waals surface area contributed by atoms with Crippen molar-refractivity contribution in [3.8, 4) is 0 Å². The second-order valence-corrected chi connectivity index (χ2v) is 5.36. The number of hydrogen-bond acceptors (Lipinski definition) is 1. The van der Waals surface area contributed by atoms with Gasteiger partial charge in [0.2, 0.25) is 0 Å². The fourth-order valence-electron chi connectivity index (χ4n) is 2.15. The average Bonchev–Trinajstić information content (AvgIpc) is 2.66. The van der Waals surface area contributed by atoms with E-state index in [2.05, 4.69) is 48.5 Å². The molecule has 1 aromatic heterocycles. The number of rotatable bonds is 3. The summed E-state index contributed by atoms with van der Waals surface area (Å²) in [4.78, 5) is 4.65. The predicted octanol–water partition coefficient (Wildman–Crippen LogP) is 4.62. The molecule has 0 spiro atoms. The van der Waals surface area contributed by atoms with Crippen molar-refractivity contribution in [3.05, 3.63) is 29.6 Å². The van der Waals surface area contributed by atoms with Crippen molar-refractivity contribution in [1.29, 1.82) is 0 Å². The Hall–Kier alpha value is -1.02. The highest BCUT2D eigenvalue weighted by Crippen LogP contribution is 2.29. The van der Waals surface area contributed by atoms with Crippen molar-refractivity contribution in [2.75, 3.05) is 0 Å². The third-order valence-electron chi connectivity index (χ3n) is 3.26. The van der Waals surface area contributed by atoms with E-state index in [9.17, 15) is 0 Å². The van der Waals surface area contributed by atoms with Gasteiger partial charge in [0.1, 0.15) is 5.82 Å². The molecular weight excluding hydrogens is 232 g/mol. The minimum atomic E-state index is -0.0586. The smallest absolute Gasteiger partial charge is 0.127 e. The van der Waals surface area contributed by atoms with E-state index in [-0.39, 0.29) is 5.38 Å². The minimum Gasteiger partial charge on any atom is -0.324 e. The number of aromatic nitrogens is 2. The average molecular weight is 251 g/mol. The molecule has 2 unspecified atom stereocenters. The molecule has 0 aliphatic heterocycles. The van der Waals surface area contributed by atoms with E-state index in [0.717, 1.165) is 17.8 Å². The Balaban J connectivity index is 2.73. The predicted molar refractivity (Wildman–Crippen MR) is 73.7 cm³/mol. The van der Waals surface area contributed by atoms with Crippen LogP contribution in [0.25, 0.3) is 11.0 Å². The first kappa shape index (κ1) is 12.4. The van der Waals surface area contributed by atoms with Gasteiger partial charge >= 0.3 is 0 Å². The second kappa shape index (κ2) is 4.69. The molecule has 2 atom stereocenters. The zero-order valence-electron chi connectivity index (χ0n) is 10.9. The first-order valence-electron chi connectivity index (χ1n) is 6.17. The van der Waals surface area contributed by atoms with Crippen molar-refractivity contribution in [2.24, 2.45) is 0 Å². The van der Waals surface area contributed by atoms with Crippen molar-refractivity contribution in [1.82, 2.24) is 9.55 Å². The Labute approximate surface area is 108 Å². The molecule has 0 saturated heterocycles. The molecule has 0 radical (unpaired) electrons. The van der Waals surface area contributed by atoms with Crippen LogP contribution in [0.4, 0.5) is 0 Å². The monoisotopic (exact) mass is 250 g/mol. The van der Waals surface area contributed by atoms with E-state index < -0.39 is 0 Å². The Morgan fingerprint density at radius 3 is 2.65 bits per heavy atom. The summed E-state index contributed by atoms with van der Waals surface area (Å²) in [5.74, 6) is 0.974. The highest BCUT2D eigenvalue weighted by molar-refractivity contribution is 6.20. The van der Waals surface area contributed by atoms with Crippen molar-refractivity contribution >= 4 is 22.6 Å². The first-order chi connectivity index (χ1) is 8.04. The number of hydrogen-bond donors (Lipinski definition) is 0. The number of benzene rings is 1. The highest BCUT2D eigenvalue weighted by atomic mass is 35.5. The lowest BCUT2D eigenvalue weighted by atomic mass is 10.2. The van der Waals surface area contributed by atoms with Gasteiger partial charge in [-0.3, -0.25) is 0 Å². The van der Waals surface area contributed by atoms with E-state index in [0.29, 0.717) is 6.04 Å².